The van der Waals surface area contributed by atoms with Crippen LogP contribution in [0.3, 0.4) is 0 Å². The first-order valence-corrected chi connectivity index (χ1v) is 8.68. The third-order valence-corrected chi connectivity index (χ3v) is 4.36. The normalized spacial score (nSPS) is 10.4. The van der Waals surface area contributed by atoms with Crippen LogP contribution >= 0.6 is 22.6 Å². The average Bonchev–Trinajstić information content (AvgIpc) is 3.12. The number of para-hydroxylation sites is 1. The van der Waals surface area contributed by atoms with Crippen molar-refractivity contribution in [3.63, 3.8) is 0 Å². The van der Waals surface area contributed by atoms with Crippen molar-refractivity contribution in [2.45, 2.75) is 0 Å². The van der Waals surface area contributed by atoms with Gasteiger partial charge in [-0.2, -0.15) is 0 Å². The van der Waals surface area contributed by atoms with E-state index in [1.54, 1.807) is 18.2 Å². The number of rotatable bonds is 5. The molecule has 0 bridgehead atoms. The number of nitrogens with one attached hydrogen (secondary N) is 1. The monoisotopic (exact) mass is 465 g/mol. The second-order valence-corrected chi connectivity index (χ2v) is 6.44. The summed E-state index contributed by atoms with van der Waals surface area (Å²) in [6, 6.07) is 15.9. The van der Waals surface area contributed by atoms with Crippen molar-refractivity contribution in [1.29, 1.82) is 0 Å². The summed E-state index contributed by atoms with van der Waals surface area (Å²) < 4.78 is 24.2. The van der Waals surface area contributed by atoms with Crippen molar-refractivity contribution in [2.75, 3.05) is 11.9 Å². The summed E-state index contributed by atoms with van der Waals surface area (Å²) in [6.45, 7) is -0.434. The number of carbonyl (C=O) groups excluding carboxylic acids is 2. The largest absolute Gasteiger partial charge is 0.450 e. The van der Waals surface area contributed by atoms with E-state index in [9.17, 15) is 14.0 Å². The average molecular weight is 465 g/mol. The highest BCUT2D eigenvalue weighted by atomic mass is 127. The summed E-state index contributed by atoms with van der Waals surface area (Å²) >= 11 is 2.09. The molecule has 1 heterocycles. The van der Waals surface area contributed by atoms with Gasteiger partial charge in [-0.3, -0.25) is 4.79 Å². The number of anilines is 1. The molecule has 0 spiro atoms. The van der Waals surface area contributed by atoms with Crippen molar-refractivity contribution >= 4 is 40.2 Å². The molecular weight excluding hydrogens is 452 g/mol. The van der Waals surface area contributed by atoms with Gasteiger partial charge in [-0.15, -0.1) is 0 Å². The molecular formula is C19H13FINO4. The maximum absolute atomic E-state index is 13.0. The summed E-state index contributed by atoms with van der Waals surface area (Å²) in [5.41, 5.74) is 1.27. The Morgan fingerprint density at radius 3 is 2.50 bits per heavy atom. The Kier molecular flexibility index (Phi) is 5.67. The van der Waals surface area contributed by atoms with Crippen LogP contribution in [0.4, 0.5) is 10.1 Å². The molecule has 0 radical (unpaired) electrons. The Morgan fingerprint density at radius 2 is 1.77 bits per heavy atom. The van der Waals surface area contributed by atoms with Gasteiger partial charge in [0.1, 0.15) is 11.6 Å². The Morgan fingerprint density at radius 1 is 1.04 bits per heavy atom. The zero-order valence-electron chi connectivity index (χ0n) is 13.4. The van der Waals surface area contributed by atoms with Crippen LogP contribution in [0.1, 0.15) is 10.6 Å². The smallest absolute Gasteiger partial charge is 0.374 e. The molecule has 7 heteroatoms. The Hall–Kier alpha value is -2.68. The number of benzene rings is 2. The number of amides is 1. The van der Waals surface area contributed by atoms with Gasteiger partial charge in [0.15, 0.2) is 6.61 Å². The number of hydrogen-bond donors (Lipinski definition) is 1. The van der Waals surface area contributed by atoms with Gasteiger partial charge in [0.25, 0.3) is 5.91 Å². The molecule has 1 aromatic heterocycles. The van der Waals surface area contributed by atoms with Crippen LogP contribution in [-0.4, -0.2) is 18.5 Å². The minimum Gasteiger partial charge on any atom is -0.450 e. The Balaban J connectivity index is 1.58. The maximum atomic E-state index is 13.0. The molecule has 132 valence electrons. The van der Waals surface area contributed by atoms with Gasteiger partial charge in [0.2, 0.25) is 5.76 Å². The van der Waals surface area contributed by atoms with Gasteiger partial charge >= 0.3 is 5.97 Å². The summed E-state index contributed by atoms with van der Waals surface area (Å²) in [7, 11) is 0. The number of halogens is 2. The van der Waals surface area contributed by atoms with E-state index in [-0.39, 0.29) is 11.6 Å². The second kappa shape index (κ2) is 8.13. The zero-order valence-corrected chi connectivity index (χ0v) is 15.5. The summed E-state index contributed by atoms with van der Waals surface area (Å²) in [4.78, 5) is 23.9. The fourth-order valence-electron chi connectivity index (χ4n) is 2.17. The van der Waals surface area contributed by atoms with Gasteiger partial charge in [-0.05, 0) is 71.1 Å². The van der Waals surface area contributed by atoms with Crippen molar-refractivity contribution < 1.29 is 23.1 Å². The molecule has 0 aliphatic carbocycles. The fraction of sp³-hybridized carbons (Fsp3) is 0.0526. The number of esters is 1. The van der Waals surface area contributed by atoms with Crippen molar-refractivity contribution in [1.82, 2.24) is 0 Å². The lowest BCUT2D eigenvalue weighted by Crippen LogP contribution is -2.21. The standard InChI is InChI=1S/C19H13FINO4/c20-13-7-5-12(6-8-13)16-9-10-17(26-16)19(24)25-11-18(23)22-15-4-2-1-3-14(15)21/h1-10H,11H2,(H,22,23). The first-order chi connectivity index (χ1) is 12.5. The minimum absolute atomic E-state index is 0.0357. The molecule has 26 heavy (non-hydrogen) atoms. The van der Waals surface area contributed by atoms with Gasteiger partial charge < -0.3 is 14.5 Å². The molecule has 0 saturated heterocycles. The molecule has 0 aliphatic rings. The minimum atomic E-state index is -0.753. The molecule has 0 fully saturated rings. The SMILES string of the molecule is O=C(COC(=O)c1ccc(-c2ccc(F)cc2)o1)Nc1ccccc1I. The van der Waals surface area contributed by atoms with Gasteiger partial charge in [0.05, 0.1) is 5.69 Å². The first kappa shape index (κ1) is 18.1. The van der Waals surface area contributed by atoms with Crippen molar-refractivity contribution in [2.24, 2.45) is 0 Å². The van der Waals surface area contributed by atoms with Gasteiger partial charge in [-0.25, -0.2) is 9.18 Å². The number of ether oxygens (including phenoxy) is 1. The maximum Gasteiger partial charge on any atom is 0.374 e. The predicted octanol–water partition coefficient (Wildman–Crippen LogP) is 4.49. The van der Waals surface area contributed by atoms with Crippen LogP contribution < -0.4 is 5.32 Å². The first-order valence-electron chi connectivity index (χ1n) is 7.60. The van der Waals surface area contributed by atoms with E-state index in [0.717, 1.165) is 3.57 Å². The zero-order chi connectivity index (χ0) is 18.5. The van der Waals surface area contributed by atoms with Crippen LogP contribution in [0.25, 0.3) is 11.3 Å². The third kappa shape index (κ3) is 4.48. The molecule has 0 atom stereocenters. The lowest BCUT2D eigenvalue weighted by molar-refractivity contribution is -0.119. The highest BCUT2D eigenvalue weighted by Gasteiger charge is 2.16. The highest BCUT2D eigenvalue weighted by Crippen LogP contribution is 2.23. The number of carbonyl (C=O) groups is 2. The van der Waals surface area contributed by atoms with Crippen LogP contribution in [0.5, 0.6) is 0 Å². The van der Waals surface area contributed by atoms with E-state index in [2.05, 4.69) is 27.9 Å². The van der Waals surface area contributed by atoms with E-state index in [1.807, 2.05) is 12.1 Å². The molecule has 0 saturated carbocycles. The van der Waals surface area contributed by atoms with E-state index in [1.165, 1.54) is 30.3 Å². The lowest BCUT2D eigenvalue weighted by Gasteiger charge is -2.07. The highest BCUT2D eigenvalue weighted by molar-refractivity contribution is 14.1. The quantitative estimate of drug-likeness (QED) is 0.446. The molecule has 3 rings (SSSR count). The van der Waals surface area contributed by atoms with E-state index >= 15 is 0 Å². The molecule has 5 nitrogen and oxygen atoms in total. The van der Waals surface area contributed by atoms with Crippen molar-refractivity contribution in [3.05, 3.63) is 75.8 Å². The topological polar surface area (TPSA) is 68.5 Å². The van der Waals surface area contributed by atoms with E-state index in [4.69, 9.17) is 9.15 Å². The molecule has 1 amide bonds. The van der Waals surface area contributed by atoms with Crippen molar-refractivity contribution in [3.8, 4) is 11.3 Å². The van der Waals surface area contributed by atoms with Crippen LogP contribution in [-0.2, 0) is 9.53 Å². The predicted molar refractivity (Wildman–Crippen MR) is 102 cm³/mol. The van der Waals surface area contributed by atoms with E-state index in [0.29, 0.717) is 17.0 Å². The van der Waals surface area contributed by atoms with E-state index < -0.39 is 18.5 Å². The van der Waals surface area contributed by atoms with Crippen LogP contribution in [0.2, 0.25) is 0 Å². The summed E-state index contributed by atoms with van der Waals surface area (Å²) in [5.74, 6) is -1.20. The molecule has 3 aromatic rings. The summed E-state index contributed by atoms with van der Waals surface area (Å²) in [5, 5.41) is 2.66. The molecule has 2 aromatic carbocycles. The Labute approximate surface area is 162 Å². The van der Waals surface area contributed by atoms with Gasteiger partial charge in [-0.1, -0.05) is 12.1 Å². The summed E-state index contributed by atoms with van der Waals surface area (Å²) in [6.07, 6.45) is 0. The molecule has 0 unspecified atom stereocenters. The fourth-order valence-corrected chi connectivity index (χ4v) is 2.69. The number of furan rings is 1. The third-order valence-electron chi connectivity index (χ3n) is 3.42. The second-order valence-electron chi connectivity index (χ2n) is 5.27. The molecule has 1 N–H and O–H groups in total. The van der Waals surface area contributed by atoms with Crippen LogP contribution in [0.15, 0.2) is 65.1 Å². The lowest BCUT2D eigenvalue weighted by atomic mass is 10.2. The van der Waals surface area contributed by atoms with Crippen LogP contribution in [0, 0.1) is 9.39 Å². The number of hydrogen-bond acceptors (Lipinski definition) is 4. The van der Waals surface area contributed by atoms with Gasteiger partial charge in [0, 0.05) is 9.13 Å². The molecule has 0 aliphatic heterocycles. The Bertz CT molecular complexity index is 937.